The summed E-state index contributed by atoms with van der Waals surface area (Å²) in [5.41, 5.74) is 0.607. The van der Waals surface area contributed by atoms with E-state index in [9.17, 15) is 13.6 Å². The van der Waals surface area contributed by atoms with Gasteiger partial charge in [0.05, 0.1) is 0 Å². The molecule has 1 aromatic carbocycles. The molecule has 0 unspecified atom stereocenters. The van der Waals surface area contributed by atoms with Crippen molar-refractivity contribution >= 4 is 33.2 Å². The Morgan fingerprint density at radius 2 is 1.94 bits per heavy atom. The highest BCUT2D eigenvalue weighted by molar-refractivity contribution is 9.10. The number of carbonyl (C=O) groups is 1. The maximum absolute atomic E-state index is 12.8. The molecule has 4 rings (SSSR count). The van der Waals surface area contributed by atoms with E-state index in [1.54, 1.807) is 18.3 Å². The largest absolute Gasteiger partial charge is 0.467 e. The van der Waals surface area contributed by atoms with Crippen molar-refractivity contribution in [2.75, 3.05) is 26.2 Å². The summed E-state index contributed by atoms with van der Waals surface area (Å²) in [5, 5.41) is 2.67. The number of rotatable bonds is 8. The van der Waals surface area contributed by atoms with Gasteiger partial charge in [-0.3, -0.25) is 9.69 Å². The number of ether oxygens (including phenoxy) is 2. The van der Waals surface area contributed by atoms with Crippen molar-refractivity contribution in [2.45, 2.75) is 57.3 Å². The normalized spacial score (nSPS) is 18.6. The zero-order chi connectivity index (χ0) is 23.2. The molecule has 0 N–H and O–H groups in total. The fraction of sp³-hybridized carbons (Fsp3) is 0.565. The second-order valence-corrected chi connectivity index (χ2v) is 10.2. The average molecular weight is 544 g/mol. The highest BCUT2D eigenvalue weighted by Gasteiger charge is 2.30. The van der Waals surface area contributed by atoms with Gasteiger partial charge in [0.25, 0.3) is 5.19 Å². The molecule has 0 bridgehead atoms. The summed E-state index contributed by atoms with van der Waals surface area (Å²) < 4.78 is 36.7. The number of nitrogens with zero attached hydrogens (tertiary/aromatic N) is 3. The van der Waals surface area contributed by atoms with Gasteiger partial charge in [-0.05, 0) is 55.9 Å². The highest BCUT2D eigenvalue weighted by atomic mass is 79.9. The molecule has 2 saturated heterocycles. The maximum Gasteiger partial charge on any atom is 0.387 e. The third-order valence-electron chi connectivity index (χ3n) is 6.33. The first-order valence-electron chi connectivity index (χ1n) is 11.3. The molecule has 0 spiro atoms. The van der Waals surface area contributed by atoms with Crippen molar-refractivity contribution in [3.8, 4) is 10.9 Å². The molecule has 33 heavy (non-hydrogen) atoms. The lowest BCUT2D eigenvalue weighted by molar-refractivity contribution is -0.132. The number of hydrogen-bond acceptors (Lipinski definition) is 6. The van der Waals surface area contributed by atoms with Gasteiger partial charge in [0.15, 0.2) is 0 Å². The summed E-state index contributed by atoms with van der Waals surface area (Å²) in [4.78, 5) is 21.4. The summed E-state index contributed by atoms with van der Waals surface area (Å²) in [6.45, 7) is 0.591. The quantitative estimate of drug-likeness (QED) is 0.470. The average Bonchev–Trinajstić information content (AvgIpc) is 3.32. The number of halogens is 3. The first-order valence-corrected chi connectivity index (χ1v) is 13.0. The lowest BCUT2D eigenvalue weighted by Gasteiger charge is -2.41. The Morgan fingerprint density at radius 3 is 2.61 bits per heavy atom. The zero-order valence-corrected chi connectivity index (χ0v) is 20.7. The molecule has 1 amide bonds. The predicted octanol–water partition coefficient (Wildman–Crippen LogP) is 4.97. The molecule has 3 heterocycles. The number of amides is 1. The molecule has 2 fully saturated rings. The van der Waals surface area contributed by atoms with Crippen LogP contribution in [0.1, 0.15) is 37.7 Å². The van der Waals surface area contributed by atoms with Gasteiger partial charge < -0.3 is 14.4 Å². The summed E-state index contributed by atoms with van der Waals surface area (Å²) in [6.07, 6.45) is 6.54. The van der Waals surface area contributed by atoms with Crippen LogP contribution in [0.15, 0.2) is 34.2 Å². The van der Waals surface area contributed by atoms with Gasteiger partial charge in [-0.1, -0.05) is 27.3 Å². The van der Waals surface area contributed by atoms with Crippen molar-refractivity contribution in [1.29, 1.82) is 0 Å². The van der Waals surface area contributed by atoms with Crippen molar-refractivity contribution in [3.63, 3.8) is 0 Å². The van der Waals surface area contributed by atoms with Gasteiger partial charge in [-0.15, -0.1) is 0 Å². The minimum atomic E-state index is -2.89. The van der Waals surface area contributed by atoms with Crippen LogP contribution in [-0.4, -0.2) is 65.6 Å². The van der Waals surface area contributed by atoms with Crippen LogP contribution in [-0.2, 0) is 11.2 Å². The number of likely N-dealkylation sites (tertiary alicyclic amines) is 2. The van der Waals surface area contributed by atoms with E-state index in [4.69, 9.17) is 4.74 Å². The predicted molar refractivity (Wildman–Crippen MR) is 126 cm³/mol. The summed E-state index contributed by atoms with van der Waals surface area (Å²) >= 11 is 4.88. The van der Waals surface area contributed by atoms with E-state index in [0.29, 0.717) is 18.0 Å². The number of benzene rings is 1. The van der Waals surface area contributed by atoms with Crippen LogP contribution in [0.4, 0.5) is 8.78 Å². The molecule has 0 atom stereocenters. The Labute approximate surface area is 205 Å². The first-order chi connectivity index (χ1) is 16.0. The van der Waals surface area contributed by atoms with Gasteiger partial charge in [0.1, 0.15) is 11.9 Å². The molecule has 2 aliphatic heterocycles. The smallest absolute Gasteiger partial charge is 0.387 e. The van der Waals surface area contributed by atoms with Crippen molar-refractivity contribution < 1.29 is 23.0 Å². The number of piperidine rings is 2. The second-order valence-electron chi connectivity index (χ2n) is 8.39. The van der Waals surface area contributed by atoms with Crippen LogP contribution >= 0.6 is 27.3 Å². The number of carbonyl (C=O) groups excluding carboxylic acids is 1. The van der Waals surface area contributed by atoms with Crippen LogP contribution in [0.2, 0.25) is 0 Å². The number of alkyl halides is 2. The molecule has 10 heteroatoms. The highest BCUT2D eigenvalue weighted by Crippen LogP contribution is 2.28. The number of thiazole rings is 1. The molecule has 2 aromatic rings. The number of hydrogen-bond donors (Lipinski definition) is 0. The topological polar surface area (TPSA) is 54.9 Å². The summed E-state index contributed by atoms with van der Waals surface area (Å²) in [5.74, 6) is 0.189. The van der Waals surface area contributed by atoms with Crippen molar-refractivity contribution in [3.05, 3.63) is 39.8 Å². The fourth-order valence-electron chi connectivity index (χ4n) is 4.60. The van der Waals surface area contributed by atoms with E-state index < -0.39 is 6.61 Å². The van der Waals surface area contributed by atoms with Crippen LogP contribution in [0.5, 0.6) is 10.9 Å². The van der Waals surface area contributed by atoms with Gasteiger partial charge in [0, 0.05) is 54.7 Å². The van der Waals surface area contributed by atoms with Gasteiger partial charge in [-0.2, -0.15) is 8.78 Å². The molecule has 0 saturated carbocycles. The molecule has 180 valence electrons. The van der Waals surface area contributed by atoms with Gasteiger partial charge >= 0.3 is 6.61 Å². The van der Waals surface area contributed by atoms with E-state index in [0.717, 1.165) is 61.5 Å². The Balaban J connectivity index is 1.20. The Morgan fingerprint density at radius 1 is 1.18 bits per heavy atom. The third-order valence-corrected chi connectivity index (χ3v) is 7.49. The molecule has 6 nitrogen and oxygen atoms in total. The van der Waals surface area contributed by atoms with Crippen LogP contribution in [0.3, 0.4) is 0 Å². The van der Waals surface area contributed by atoms with E-state index in [1.807, 2.05) is 10.3 Å². The second kappa shape index (κ2) is 11.6. The Kier molecular flexibility index (Phi) is 8.54. The standard InChI is InChI=1S/C23H28BrF2N3O3S/c24-17-2-3-20(32-22(25)26)16(15-17)1-4-21(30)29-10-5-18(6-11-29)28-12-7-19(8-13-28)31-23-27-9-14-33-23/h2-3,9,14-15,18-19,22H,1,4-8,10-13H2. The van der Waals surface area contributed by atoms with Crippen molar-refractivity contribution in [2.24, 2.45) is 0 Å². The van der Waals surface area contributed by atoms with E-state index in [1.165, 1.54) is 17.4 Å². The SMILES string of the molecule is O=C(CCc1cc(Br)ccc1OC(F)F)N1CCC(N2CCC(Oc3nccs3)CC2)CC1. The molecule has 1 aromatic heterocycles. The van der Waals surface area contributed by atoms with Gasteiger partial charge in [-0.25, -0.2) is 4.98 Å². The monoisotopic (exact) mass is 543 g/mol. The lowest BCUT2D eigenvalue weighted by atomic mass is 9.98. The molecule has 2 aliphatic rings. The van der Waals surface area contributed by atoms with Gasteiger partial charge in [0.2, 0.25) is 5.91 Å². The van der Waals surface area contributed by atoms with E-state index in [2.05, 4.69) is 30.6 Å². The first kappa shape index (κ1) is 24.3. The minimum absolute atomic E-state index is 0.0620. The van der Waals surface area contributed by atoms with Crippen molar-refractivity contribution in [1.82, 2.24) is 14.8 Å². The Bertz CT molecular complexity index is 902. The van der Waals surface area contributed by atoms with Crippen LogP contribution in [0, 0.1) is 0 Å². The maximum atomic E-state index is 12.8. The molecular weight excluding hydrogens is 516 g/mol. The van der Waals surface area contributed by atoms with Crippen LogP contribution < -0.4 is 9.47 Å². The molecule has 0 radical (unpaired) electrons. The minimum Gasteiger partial charge on any atom is -0.467 e. The Hall–Kier alpha value is -1.78. The van der Waals surface area contributed by atoms with Crippen LogP contribution in [0.25, 0.3) is 0 Å². The summed E-state index contributed by atoms with van der Waals surface area (Å²) in [7, 11) is 0. The summed E-state index contributed by atoms with van der Waals surface area (Å²) in [6, 6.07) is 5.39. The van der Waals surface area contributed by atoms with E-state index >= 15 is 0 Å². The zero-order valence-electron chi connectivity index (χ0n) is 18.3. The number of aryl methyl sites for hydroxylation is 1. The third kappa shape index (κ3) is 6.86. The number of aromatic nitrogens is 1. The molecule has 0 aliphatic carbocycles. The fourth-order valence-corrected chi connectivity index (χ4v) is 5.56. The van der Waals surface area contributed by atoms with E-state index in [-0.39, 0.29) is 24.2 Å². The molecular formula is C23H28BrF2N3O3S. The lowest BCUT2D eigenvalue weighted by Crippen LogP contribution is -2.50.